The Morgan fingerprint density at radius 2 is 2.00 bits per heavy atom. The lowest BCUT2D eigenvalue weighted by Crippen LogP contribution is -2.34. The van der Waals surface area contributed by atoms with Crippen LogP contribution in [0, 0.1) is 11.7 Å². The third-order valence-electron chi connectivity index (χ3n) is 4.60. The standard InChI is InChI=1S/C18H18F2N2O4/c1-8-13(22-18(24)16(8)20)7-26-14-4-3-12(19)9-5-11(17(21)23)15(25-2)6-10(9)14/h3-6,8,13,16H,7H2,1-2H3,(H2,21,23)(H,22,24)/t8-,13+,16-/m0/s1. The van der Waals surface area contributed by atoms with Gasteiger partial charge in [-0.25, -0.2) is 8.78 Å². The third kappa shape index (κ3) is 3.02. The van der Waals surface area contributed by atoms with E-state index in [0.29, 0.717) is 11.1 Å². The molecule has 3 N–H and O–H groups in total. The molecular formula is C18H18F2N2O4. The first-order chi connectivity index (χ1) is 12.3. The summed E-state index contributed by atoms with van der Waals surface area (Å²) in [5.41, 5.74) is 5.35. The zero-order valence-electron chi connectivity index (χ0n) is 14.2. The third-order valence-corrected chi connectivity index (χ3v) is 4.60. The van der Waals surface area contributed by atoms with E-state index < -0.39 is 35.8 Å². The van der Waals surface area contributed by atoms with Crippen molar-refractivity contribution in [2.24, 2.45) is 11.7 Å². The minimum atomic E-state index is -1.58. The van der Waals surface area contributed by atoms with Gasteiger partial charge < -0.3 is 20.5 Å². The highest BCUT2D eigenvalue weighted by Crippen LogP contribution is 2.34. The van der Waals surface area contributed by atoms with Crippen LogP contribution in [-0.4, -0.2) is 37.7 Å². The minimum Gasteiger partial charge on any atom is -0.496 e. The second-order valence-corrected chi connectivity index (χ2v) is 6.19. The number of hydrogen-bond donors (Lipinski definition) is 2. The van der Waals surface area contributed by atoms with Crippen molar-refractivity contribution in [1.29, 1.82) is 0 Å². The van der Waals surface area contributed by atoms with E-state index in [1.807, 2.05) is 0 Å². The van der Waals surface area contributed by atoms with E-state index in [4.69, 9.17) is 15.2 Å². The molecule has 1 heterocycles. The van der Waals surface area contributed by atoms with Crippen molar-refractivity contribution in [3.8, 4) is 11.5 Å². The molecule has 138 valence electrons. The molecular weight excluding hydrogens is 346 g/mol. The van der Waals surface area contributed by atoms with Crippen LogP contribution in [0.3, 0.4) is 0 Å². The van der Waals surface area contributed by atoms with E-state index in [9.17, 15) is 18.4 Å². The maximum Gasteiger partial charge on any atom is 0.255 e. The molecule has 1 fully saturated rings. The first-order valence-electron chi connectivity index (χ1n) is 8.00. The van der Waals surface area contributed by atoms with Crippen LogP contribution >= 0.6 is 0 Å². The minimum absolute atomic E-state index is 0.0218. The van der Waals surface area contributed by atoms with E-state index in [0.717, 1.165) is 0 Å². The lowest BCUT2D eigenvalue weighted by molar-refractivity contribution is -0.123. The van der Waals surface area contributed by atoms with Gasteiger partial charge >= 0.3 is 0 Å². The number of primary amides is 1. The predicted molar refractivity (Wildman–Crippen MR) is 90.5 cm³/mol. The molecule has 0 aliphatic carbocycles. The molecule has 6 nitrogen and oxygen atoms in total. The Hall–Kier alpha value is -2.90. The quantitative estimate of drug-likeness (QED) is 0.848. The fraction of sp³-hybridized carbons (Fsp3) is 0.333. The normalized spacial score (nSPS) is 22.3. The Labute approximate surface area is 148 Å². The molecule has 1 aliphatic rings. The number of benzene rings is 2. The SMILES string of the molecule is COc1cc2c(OC[C@H]3NC(=O)[C@@H](F)[C@H]3C)ccc(F)c2cc1C(N)=O. The van der Waals surface area contributed by atoms with E-state index in [1.54, 1.807) is 6.92 Å². The van der Waals surface area contributed by atoms with E-state index in [-0.39, 0.29) is 23.3 Å². The number of nitrogens with one attached hydrogen (secondary N) is 1. The van der Waals surface area contributed by atoms with Gasteiger partial charge in [-0.3, -0.25) is 9.59 Å². The molecule has 0 radical (unpaired) electrons. The maximum absolute atomic E-state index is 14.2. The molecule has 0 unspecified atom stereocenters. The molecule has 0 bridgehead atoms. The first kappa shape index (κ1) is 17.9. The fourth-order valence-electron chi connectivity index (χ4n) is 3.01. The molecule has 0 saturated carbocycles. The van der Waals surface area contributed by atoms with Crippen LogP contribution in [0.1, 0.15) is 17.3 Å². The smallest absolute Gasteiger partial charge is 0.255 e. The van der Waals surface area contributed by atoms with Crippen LogP contribution in [0.2, 0.25) is 0 Å². The number of methoxy groups -OCH3 is 1. The Morgan fingerprint density at radius 3 is 2.58 bits per heavy atom. The predicted octanol–water partition coefficient (Wildman–Crippen LogP) is 1.94. The zero-order chi connectivity index (χ0) is 19.0. The second-order valence-electron chi connectivity index (χ2n) is 6.19. The summed E-state index contributed by atoms with van der Waals surface area (Å²) >= 11 is 0. The number of nitrogens with two attached hydrogens (primary N) is 1. The van der Waals surface area contributed by atoms with Crippen molar-refractivity contribution in [1.82, 2.24) is 5.32 Å². The van der Waals surface area contributed by atoms with Crippen LogP contribution in [0.5, 0.6) is 11.5 Å². The second kappa shape index (κ2) is 6.78. The summed E-state index contributed by atoms with van der Waals surface area (Å²) in [5, 5.41) is 3.05. The van der Waals surface area contributed by atoms with Crippen molar-refractivity contribution in [2.45, 2.75) is 19.1 Å². The fourth-order valence-corrected chi connectivity index (χ4v) is 3.01. The van der Waals surface area contributed by atoms with Gasteiger partial charge in [0, 0.05) is 16.7 Å². The number of carbonyl (C=O) groups excluding carboxylic acids is 2. The summed E-state index contributed by atoms with van der Waals surface area (Å²) in [6.07, 6.45) is -1.58. The number of rotatable bonds is 5. The van der Waals surface area contributed by atoms with Gasteiger partial charge in [0.05, 0.1) is 18.7 Å². The average Bonchev–Trinajstić information content (AvgIpc) is 2.87. The number of amides is 2. The summed E-state index contributed by atoms with van der Waals surface area (Å²) < 4.78 is 38.7. The highest BCUT2D eigenvalue weighted by atomic mass is 19.1. The molecule has 0 aromatic heterocycles. The summed E-state index contributed by atoms with van der Waals surface area (Å²) in [4.78, 5) is 22.9. The Kier molecular flexibility index (Phi) is 4.67. The zero-order valence-corrected chi connectivity index (χ0v) is 14.2. The van der Waals surface area contributed by atoms with Gasteiger partial charge in [-0.1, -0.05) is 6.92 Å². The molecule has 0 spiro atoms. The number of hydrogen-bond acceptors (Lipinski definition) is 4. The maximum atomic E-state index is 14.2. The molecule has 3 atom stereocenters. The van der Waals surface area contributed by atoms with Gasteiger partial charge in [-0.15, -0.1) is 0 Å². The largest absolute Gasteiger partial charge is 0.496 e. The molecule has 2 aromatic carbocycles. The van der Waals surface area contributed by atoms with Crippen LogP contribution in [0.4, 0.5) is 8.78 Å². The molecule has 1 aliphatic heterocycles. The molecule has 2 aromatic rings. The van der Waals surface area contributed by atoms with Gasteiger partial charge in [0.1, 0.15) is 23.9 Å². The van der Waals surface area contributed by atoms with Crippen LogP contribution in [-0.2, 0) is 4.79 Å². The number of halogens is 2. The molecule has 3 rings (SSSR count). The number of alkyl halides is 1. The Bertz CT molecular complexity index is 887. The molecule has 1 saturated heterocycles. The van der Waals surface area contributed by atoms with Crippen molar-refractivity contribution < 1.29 is 27.8 Å². The summed E-state index contributed by atoms with van der Waals surface area (Å²) in [6.45, 7) is 1.63. The Balaban J connectivity index is 1.95. The number of ether oxygens (including phenoxy) is 2. The highest BCUT2D eigenvalue weighted by molar-refractivity contribution is 6.02. The summed E-state index contributed by atoms with van der Waals surface area (Å²) in [6, 6.07) is 4.89. The van der Waals surface area contributed by atoms with Crippen LogP contribution in [0.15, 0.2) is 24.3 Å². The van der Waals surface area contributed by atoms with Gasteiger partial charge in [-0.2, -0.15) is 0 Å². The van der Waals surface area contributed by atoms with Gasteiger partial charge in [0.15, 0.2) is 6.17 Å². The summed E-state index contributed by atoms with van der Waals surface area (Å²) in [7, 11) is 1.37. The van der Waals surface area contributed by atoms with Crippen LogP contribution in [0.25, 0.3) is 10.8 Å². The molecule has 2 amide bonds. The van der Waals surface area contributed by atoms with E-state index >= 15 is 0 Å². The monoisotopic (exact) mass is 364 g/mol. The first-order valence-corrected chi connectivity index (χ1v) is 8.00. The van der Waals surface area contributed by atoms with Gasteiger partial charge in [-0.05, 0) is 24.3 Å². The van der Waals surface area contributed by atoms with E-state index in [1.165, 1.54) is 31.4 Å². The van der Waals surface area contributed by atoms with Crippen molar-refractivity contribution >= 4 is 22.6 Å². The average molecular weight is 364 g/mol. The van der Waals surface area contributed by atoms with E-state index in [2.05, 4.69) is 5.32 Å². The highest BCUT2D eigenvalue weighted by Gasteiger charge is 2.39. The topological polar surface area (TPSA) is 90.7 Å². The van der Waals surface area contributed by atoms with Crippen molar-refractivity contribution in [3.05, 3.63) is 35.6 Å². The lowest BCUT2D eigenvalue weighted by Gasteiger charge is -2.18. The summed E-state index contributed by atoms with van der Waals surface area (Å²) in [5.74, 6) is -1.99. The Morgan fingerprint density at radius 1 is 1.27 bits per heavy atom. The molecule has 26 heavy (non-hydrogen) atoms. The number of fused-ring (bicyclic) bond motifs is 1. The number of carbonyl (C=O) groups is 2. The van der Waals surface area contributed by atoms with Crippen molar-refractivity contribution in [3.63, 3.8) is 0 Å². The van der Waals surface area contributed by atoms with Crippen molar-refractivity contribution in [2.75, 3.05) is 13.7 Å². The van der Waals surface area contributed by atoms with Gasteiger partial charge in [0.25, 0.3) is 11.8 Å². The van der Waals surface area contributed by atoms with Gasteiger partial charge in [0.2, 0.25) is 0 Å². The lowest BCUT2D eigenvalue weighted by atomic mass is 10.0. The molecule has 8 heteroatoms. The van der Waals surface area contributed by atoms with Crippen LogP contribution < -0.4 is 20.5 Å².